The van der Waals surface area contributed by atoms with E-state index in [-0.39, 0.29) is 41.3 Å². The van der Waals surface area contributed by atoms with E-state index in [4.69, 9.17) is 15.0 Å². The van der Waals surface area contributed by atoms with Crippen molar-refractivity contribution >= 4 is 18.9 Å². The fourth-order valence-corrected chi connectivity index (χ4v) is 6.22. The van der Waals surface area contributed by atoms with E-state index in [1.54, 1.807) is 0 Å². The Kier molecular flexibility index (Phi) is 8.55. The van der Waals surface area contributed by atoms with Crippen LogP contribution in [0.2, 0.25) is 0 Å². The van der Waals surface area contributed by atoms with Crippen molar-refractivity contribution < 1.29 is 18.9 Å². The van der Waals surface area contributed by atoms with Crippen LogP contribution < -0.4 is 16.4 Å². The van der Waals surface area contributed by atoms with Crippen molar-refractivity contribution in [3.8, 4) is 0 Å². The van der Waals surface area contributed by atoms with Crippen LogP contribution in [0.15, 0.2) is 0 Å². The van der Waals surface area contributed by atoms with Gasteiger partial charge in [0.05, 0.1) is 23.7 Å². The fraction of sp³-hybridized carbons (Fsp3) is 0.920. The van der Waals surface area contributed by atoms with E-state index in [1.165, 1.54) is 6.42 Å². The molecule has 1 aliphatic heterocycles. The molecule has 0 spiro atoms. The second-order valence-electron chi connectivity index (χ2n) is 11.8. The number of unbranched alkanes of at least 4 members (excludes halogenated alkanes) is 2. The van der Waals surface area contributed by atoms with Crippen LogP contribution in [0.4, 0.5) is 0 Å². The molecule has 4 rings (SSSR count). The van der Waals surface area contributed by atoms with Crippen LogP contribution in [-0.4, -0.2) is 49.2 Å². The van der Waals surface area contributed by atoms with Crippen molar-refractivity contribution in [2.75, 3.05) is 6.54 Å². The summed E-state index contributed by atoms with van der Waals surface area (Å²) >= 11 is 0. The van der Waals surface area contributed by atoms with Crippen LogP contribution in [0, 0.1) is 23.2 Å². The Bertz CT molecular complexity index is 703. The third kappa shape index (κ3) is 5.76. The van der Waals surface area contributed by atoms with Crippen molar-refractivity contribution in [2.45, 2.75) is 117 Å². The van der Waals surface area contributed by atoms with Gasteiger partial charge in [-0.3, -0.25) is 9.59 Å². The molecular formula is C25H46BN3O4. The largest absolute Gasteiger partial charge is 0.481 e. The van der Waals surface area contributed by atoms with Gasteiger partial charge >= 0.3 is 7.12 Å². The molecular weight excluding hydrogens is 417 g/mol. The minimum atomic E-state index is -0.730. The second-order valence-corrected chi connectivity index (χ2v) is 11.8. The summed E-state index contributed by atoms with van der Waals surface area (Å²) in [5, 5.41) is 6.01. The van der Waals surface area contributed by atoms with Gasteiger partial charge in [0.1, 0.15) is 0 Å². The van der Waals surface area contributed by atoms with Crippen molar-refractivity contribution in [1.29, 1.82) is 0 Å². The highest BCUT2D eigenvalue weighted by atomic mass is 16.7. The highest BCUT2D eigenvalue weighted by Gasteiger charge is 2.68. The summed E-state index contributed by atoms with van der Waals surface area (Å²) in [6.45, 7) is 14.0. The molecule has 1 heterocycles. The van der Waals surface area contributed by atoms with E-state index < -0.39 is 13.2 Å². The summed E-state index contributed by atoms with van der Waals surface area (Å²) in [4.78, 5) is 24.9. The Morgan fingerprint density at radius 2 is 1.91 bits per heavy atom. The fourth-order valence-electron chi connectivity index (χ4n) is 6.22. The van der Waals surface area contributed by atoms with Crippen LogP contribution in [0.5, 0.6) is 0 Å². The summed E-state index contributed by atoms with van der Waals surface area (Å²) in [5.41, 5.74) is 6.13. The number of nitrogens with two attached hydrogens (primary N) is 1. The smallest absolute Gasteiger partial charge is 0.404 e. The highest BCUT2D eigenvalue weighted by molar-refractivity contribution is 6.47. The highest BCUT2D eigenvalue weighted by Crippen LogP contribution is 2.65. The van der Waals surface area contributed by atoms with Gasteiger partial charge in [-0.05, 0) is 62.2 Å². The summed E-state index contributed by atoms with van der Waals surface area (Å²) < 4.78 is 13.0. The molecule has 3 aliphatic carbocycles. The van der Waals surface area contributed by atoms with E-state index in [0.717, 1.165) is 32.1 Å². The molecule has 4 N–H and O–H groups in total. The topological polar surface area (TPSA) is 103 Å². The lowest BCUT2D eigenvalue weighted by Gasteiger charge is -2.64. The summed E-state index contributed by atoms with van der Waals surface area (Å²) in [7, 11) is -0.462. The first-order chi connectivity index (χ1) is 15.5. The lowest BCUT2D eigenvalue weighted by molar-refractivity contribution is -0.199. The van der Waals surface area contributed by atoms with Gasteiger partial charge in [0.25, 0.3) is 0 Å². The summed E-state index contributed by atoms with van der Waals surface area (Å²) in [6, 6.07) is -0.730. The minimum absolute atomic E-state index is 0.0471. The van der Waals surface area contributed by atoms with Gasteiger partial charge in [-0.1, -0.05) is 47.5 Å². The zero-order valence-corrected chi connectivity index (χ0v) is 21.6. The van der Waals surface area contributed by atoms with Crippen molar-refractivity contribution in [2.24, 2.45) is 28.9 Å². The molecule has 0 aromatic heterocycles. The van der Waals surface area contributed by atoms with Gasteiger partial charge in [0.15, 0.2) is 0 Å². The number of carbonyl (C=O) groups excluding carboxylic acids is 2. The SMILES string of the molecule is CCCCCNC(=O)CC[C@H](N)C(=O)N[C@@H](CC(C)C)B1O[C@@H]2C[C@H]3C[C@H](C3(C)C)[C@]2(C)O1. The zero-order chi connectivity index (χ0) is 24.4. The van der Waals surface area contributed by atoms with Gasteiger partial charge in [-0.2, -0.15) is 0 Å². The molecule has 0 aromatic carbocycles. The molecule has 8 heteroatoms. The van der Waals surface area contributed by atoms with Gasteiger partial charge in [-0.15, -0.1) is 0 Å². The Labute approximate surface area is 200 Å². The number of hydrogen-bond donors (Lipinski definition) is 3. The molecule has 188 valence electrons. The van der Waals surface area contributed by atoms with Crippen molar-refractivity contribution in [3.05, 3.63) is 0 Å². The second kappa shape index (κ2) is 10.7. The molecule has 6 atom stereocenters. The van der Waals surface area contributed by atoms with Crippen LogP contribution in [0.3, 0.4) is 0 Å². The Hall–Kier alpha value is -1.12. The maximum Gasteiger partial charge on any atom is 0.481 e. The van der Waals surface area contributed by atoms with Crippen LogP contribution in [0.1, 0.15) is 92.9 Å². The predicted octanol–water partition coefficient (Wildman–Crippen LogP) is 3.20. The molecule has 0 radical (unpaired) electrons. The normalized spacial score (nSPS) is 31.5. The van der Waals surface area contributed by atoms with E-state index in [1.807, 2.05) is 0 Å². The van der Waals surface area contributed by atoms with Crippen LogP contribution >= 0.6 is 0 Å². The molecule has 4 aliphatic rings. The Balaban J connectivity index is 1.53. The average molecular weight is 463 g/mol. The van der Waals surface area contributed by atoms with E-state index in [0.29, 0.717) is 30.7 Å². The third-order valence-electron chi connectivity index (χ3n) is 8.47. The van der Waals surface area contributed by atoms with Gasteiger partial charge in [0, 0.05) is 13.0 Å². The quantitative estimate of drug-likeness (QED) is 0.305. The Morgan fingerprint density at radius 3 is 2.55 bits per heavy atom. The number of rotatable bonds is 12. The van der Waals surface area contributed by atoms with Gasteiger partial charge < -0.3 is 25.7 Å². The standard InChI is InChI=1S/C25H46BN3O4/c1-7-8-9-12-28-22(30)11-10-18(27)23(31)29-21(13-16(2)3)26-32-20-15-17-14-19(24(17,4)5)25(20,6)33-26/h16-21H,7-15,27H2,1-6H3,(H,28,30)(H,29,31)/t17-,18+,19-,20-,21+,25+/m1/s1. The molecule has 0 unspecified atom stereocenters. The monoisotopic (exact) mass is 463 g/mol. The molecule has 2 bridgehead atoms. The van der Waals surface area contributed by atoms with Gasteiger partial charge in [-0.25, -0.2) is 0 Å². The lowest BCUT2D eigenvalue weighted by Crippen LogP contribution is -2.65. The molecule has 3 saturated carbocycles. The number of hydrogen-bond acceptors (Lipinski definition) is 5. The van der Waals surface area contributed by atoms with E-state index in [9.17, 15) is 9.59 Å². The number of nitrogens with one attached hydrogen (secondary N) is 2. The lowest BCUT2D eigenvalue weighted by atomic mass is 9.43. The van der Waals surface area contributed by atoms with E-state index >= 15 is 0 Å². The number of amides is 2. The summed E-state index contributed by atoms with van der Waals surface area (Å²) in [6.07, 6.45) is 6.82. The van der Waals surface area contributed by atoms with Crippen LogP contribution in [0.25, 0.3) is 0 Å². The zero-order valence-electron chi connectivity index (χ0n) is 21.6. The first-order valence-electron chi connectivity index (χ1n) is 13.1. The Morgan fingerprint density at radius 1 is 1.18 bits per heavy atom. The molecule has 1 saturated heterocycles. The molecule has 7 nitrogen and oxygen atoms in total. The maximum absolute atomic E-state index is 12.9. The summed E-state index contributed by atoms with van der Waals surface area (Å²) in [5.74, 6) is 0.989. The van der Waals surface area contributed by atoms with Crippen molar-refractivity contribution in [1.82, 2.24) is 10.6 Å². The molecule has 2 amide bonds. The minimum Gasteiger partial charge on any atom is -0.404 e. The van der Waals surface area contributed by atoms with E-state index in [2.05, 4.69) is 52.2 Å². The molecule has 0 aromatic rings. The van der Waals surface area contributed by atoms with Crippen molar-refractivity contribution in [3.63, 3.8) is 0 Å². The number of carbonyl (C=O) groups is 2. The first-order valence-corrected chi connectivity index (χ1v) is 13.1. The average Bonchev–Trinajstić information content (AvgIpc) is 3.11. The maximum atomic E-state index is 12.9. The molecule has 4 fully saturated rings. The third-order valence-corrected chi connectivity index (χ3v) is 8.47. The van der Waals surface area contributed by atoms with Gasteiger partial charge in [0.2, 0.25) is 11.8 Å². The predicted molar refractivity (Wildman–Crippen MR) is 131 cm³/mol. The molecule has 33 heavy (non-hydrogen) atoms. The first kappa shape index (κ1) is 26.5. The van der Waals surface area contributed by atoms with Crippen LogP contribution in [-0.2, 0) is 18.9 Å².